The van der Waals surface area contributed by atoms with Crippen molar-refractivity contribution in [2.75, 3.05) is 20.1 Å². The molecule has 1 saturated heterocycles. The van der Waals surface area contributed by atoms with Crippen molar-refractivity contribution in [1.29, 1.82) is 0 Å². The Balaban J connectivity index is 2.20. The number of hydrogen-bond acceptors (Lipinski definition) is 4. The fourth-order valence-corrected chi connectivity index (χ4v) is 1.75. The predicted molar refractivity (Wildman–Crippen MR) is 60.8 cm³/mol. The molecule has 92 valence electrons. The van der Waals surface area contributed by atoms with E-state index in [1.54, 1.807) is 19.0 Å². The Hall–Kier alpha value is -1.89. The lowest BCUT2D eigenvalue weighted by Gasteiger charge is -2.35. The molecule has 1 aromatic heterocycles. The van der Waals surface area contributed by atoms with Gasteiger partial charge in [0.25, 0.3) is 11.6 Å². The van der Waals surface area contributed by atoms with E-state index in [0.29, 0.717) is 5.69 Å². The lowest BCUT2D eigenvalue weighted by atomic mass is 10.1. The third-order valence-corrected chi connectivity index (χ3v) is 3.05. The van der Waals surface area contributed by atoms with Crippen LogP contribution in [0.2, 0.25) is 0 Å². The summed E-state index contributed by atoms with van der Waals surface area (Å²) in [5, 5.41) is 13.7. The van der Waals surface area contributed by atoms with Crippen molar-refractivity contribution >= 4 is 11.6 Å². The first-order valence-corrected chi connectivity index (χ1v) is 5.29. The van der Waals surface area contributed by atoms with Gasteiger partial charge >= 0.3 is 0 Å². The summed E-state index contributed by atoms with van der Waals surface area (Å²) in [4.78, 5) is 23.8. The molecule has 1 amide bonds. The molecule has 0 aliphatic carbocycles. The largest absolute Gasteiger partial charge is 0.340 e. The summed E-state index contributed by atoms with van der Waals surface area (Å²) in [7, 11) is 3.35. The molecule has 1 aromatic rings. The number of rotatable bonds is 3. The van der Waals surface area contributed by atoms with Gasteiger partial charge in [-0.2, -0.15) is 0 Å². The van der Waals surface area contributed by atoms with E-state index in [-0.39, 0.29) is 17.6 Å². The van der Waals surface area contributed by atoms with Crippen LogP contribution in [0.3, 0.4) is 0 Å². The van der Waals surface area contributed by atoms with Crippen molar-refractivity contribution in [1.82, 2.24) is 14.8 Å². The van der Waals surface area contributed by atoms with Crippen molar-refractivity contribution in [3.63, 3.8) is 0 Å². The van der Waals surface area contributed by atoms with Crippen LogP contribution in [-0.4, -0.2) is 46.5 Å². The highest BCUT2D eigenvalue weighted by Gasteiger charge is 2.28. The van der Waals surface area contributed by atoms with Gasteiger partial charge in [-0.3, -0.25) is 14.9 Å². The zero-order chi connectivity index (χ0) is 12.6. The van der Waals surface area contributed by atoms with E-state index in [4.69, 9.17) is 0 Å². The third kappa shape index (κ3) is 2.01. The van der Waals surface area contributed by atoms with Crippen LogP contribution < -0.4 is 5.32 Å². The molecule has 0 spiro atoms. The second-order valence-electron chi connectivity index (χ2n) is 4.18. The topological polar surface area (TPSA) is 80.4 Å². The highest BCUT2D eigenvalue weighted by atomic mass is 16.6. The first-order chi connectivity index (χ1) is 8.00. The summed E-state index contributed by atoms with van der Waals surface area (Å²) in [5.74, 6) is -0.188. The van der Waals surface area contributed by atoms with E-state index in [9.17, 15) is 14.9 Å². The molecule has 1 N–H and O–H groups in total. The number of nitrogens with zero attached hydrogens (tertiary/aromatic N) is 3. The summed E-state index contributed by atoms with van der Waals surface area (Å²) in [6, 6.07) is 1.49. The lowest BCUT2D eigenvalue weighted by molar-refractivity contribution is -0.384. The molecule has 1 aliphatic rings. The van der Waals surface area contributed by atoms with Gasteiger partial charge in [-0.1, -0.05) is 0 Å². The number of aromatic nitrogens is 1. The van der Waals surface area contributed by atoms with Crippen molar-refractivity contribution < 1.29 is 9.72 Å². The van der Waals surface area contributed by atoms with Crippen LogP contribution in [0.5, 0.6) is 0 Å². The summed E-state index contributed by atoms with van der Waals surface area (Å²) in [5.41, 5.74) is 0.280. The van der Waals surface area contributed by atoms with Crippen molar-refractivity contribution in [2.45, 2.75) is 6.04 Å². The van der Waals surface area contributed by atoms with Crippen LogP contribution in [0.25, 0.3) is 0 Å². The molecule has 17 heavy (non-hydrogen) atoms. The standard InChI is InChI=1S/C10H14N4O3/c1-12-6-7(14(16)17)3-9(12)10(15)13(2)8-4-11-5-8/h3,6,8,11H,4-5H2,1-2H3. The normalized spacial score (nSPS) is 15.4. The van der Waals surface area contributed by atoms with Gasteiger partial charge in [0.1, 0.15) is 5.69 Å². The van der Waals surface area contributed by atoms with Gasteiger partial charge < -0.3 is 14.8 Å². The van der Waals surface area contributed by atoms with Gasteiger partial charge in [0.15, 0.2) is 0 Å². The smallest absolute Gasteiger partial charge is 0.287 e. The summed E-state index contributed by atoms with van der Waals surface area (Å²) >= 11 is 0. The Morgan fingerprint density at radius 1 is 1.65 bits per heavy atom. The minimum atomic E-state index is -0.498. The molecule has 1 aliphatic heterocycles. The van der Waals surface area contributed by atoms with Crippen molar-refractivity contribution in [2.24, 2.45) is 7.05 Å². The van der Waals surface area contributed by atoms with E-state index in [2.05, 4.69) is 5.32 Å². The lowest BCUT2D eigenvalue weighted by Crippen LogP contribution is -2.57. The quantitative estimate of drug-likeness (QED) is 0.592. The molecule has 0 atom stereocenters. The van der Waals surface area contributed by atoms with E-state index in [1.165, 1.54) is 16.8 Å². The van der Waals surface area contributed by atoms with Crippen molar-refractivity contribution in [3.8, 4) is 0 Å². The first kappa shape index (κ1) is 11.6. The average molecular weight is 238 g/mol. The number of aryl methyl sites for hydroxylation is 1. The van der Waals surface area contributed by atoms with Gasteiger partial charge in [-0.05, 0) is 0 Å². The first-order valence-electron chi connectivity index (χ1n) is 5.29. The molecule has 0 bridgehead atoms. The van der Waals surface area contributed by atoms with Crippen LogP contribution in [-0.2, 0) is 7.05 Å². The monoisotopic (exact) mass is 238 g/mol. The number of nitro groups is 1. The van der Waals surface area contributed by atoms with Gasteiger partial charge in [-0.15, -0.1) is 0 Å². The molecule has 7 heteroatoms. The Morgan fingerprint density at radius 2 is 2.29 bits per heavy atom. The SMILES string of the molecule is CN(C(=O)c1cc([N+](=O)[O-])cn1C)C1CNC1. The number of amides is 1. The molecule has 1 fully saturated rings. The molecule has 2 heterocycles. The molecule has 0 radical (unpaired) electrons. The molecule has 7 nitrogen and oxygen atoms in total. The minimum Gasteiger partial charge on any atom is -0.340 e. The van der Waals surface area contributed by atoms with E-state index >= 15 is 0 Å². The Bertz CT molecular complexity index is 464. The Morgan fingerprint density at radius 3 is 2.71 bits per heavy atom. The minimum absolute atomic E-state index is 0.0593. The summed E-state index contributed by atoms with van der Waals surface area (Å²) < 4.78 is 1.49. The van der Waals surface area contributed by atoms with Crippen LogP contribution in [0.15, 0.2) is 12.3 Å². The van der Waals surface area contributed by atoms with Crippen LogP contribution in [0, 0.1) is 10.1 Å². The van der Waals surface area contributed by atoms with Gasteiger partial charge in [-0.25, -0.2) is 0 Å². The summed E-state index contributed by atoms with van der Waals surface area (Å²) in [6.07, 6.45) is 1.35. The second kappa shape index (κ2) is 4.17. The number of nitrogens with one attached hydrogen (secondary N) is 1. The van der Waals surface area contributed by atoms with E-state index < -0.39 is 4.92 Å². The fraction of sp³-hybridized carbons (Fsp3) is 0.500. The van der Waals surface area contributed by atoms with Crippen LogP contribution >= 0.6 is 0 Å². The third-order valence-electron chi connectivity index (χ3n) is 3.05. The average Bonchev–Trinajstić information content (AvgIpc) is 2.56. The maximum atomic E-state index is 12.1. The second-order valence-corrected chi connectivity index (χ2v) is 4.18. The molecular weight excluding hydrogens is 224 g/mol. The Labute approximate surface area is 98.2 Å². The zero-order valence-corrected chi connectivity index (χ0v) is 9.71. The molecule has 0 unspecified atom stereocenters. The number of carbonyl (C=O) groups excluding carboxylic acids is 1. The fourth-order valence-electron chi connectivity index (χ4n) is 1.75. The molecular formula is C10H14N4O3. The maximum absolute atomic E-state index is 12.1. The molecule has 2 rings (SSSR count). The highest BCUT2D eigenvalue weighted by molar-refractivity contribution is 5.93. The summed E-state index contributed by atoms with van der Waals surface area (Å²) in [6.45, 7) is 1.55. The van der Waals surface area contributed by atoms with Crippen LogP contribution in [0.1, 0.15) is 10.5 Å². The van der Waals surface area contributed by atoms with Crippen molar-refractivity contribution in [3.05, 3.63) is 28.1 Å². The maximum Gasteiger partial charge on any atom is 0.287 e. The van der Waals surface area contributed by atoms with Gasteiger partial charge in [0.05, 0.1) is 17.2 Å². The molecule has 0 aromatic carbocycles. The van der Waals surface area contributed by atoms with E-state index in [1.807, 2.05) is 0 Å². The Kier molecular flexibility index (Phi) is 2.84. The number of likely N-dealkylation sites (N-methyl/N-ethyl adjacent to an activating group) is 1. The molecule has 0 saturated carbocycles. The highest BCUT2D eigenvalue weighted by Crippen LogP contribution is 2.17. The van der Waals surface area contributed by atoms with Gasteiger partial charge in [0.2, 0.25) is 0 Å². The van der Waals surface area contributed by atoms with Gasteiger partial charge in [0, 0.05) is 33.3 Å². The number of carbonyl (C=O) groups is 1. The zero-order valence-electron chi connectivity index (χ0n) is 9.71. The number of hydrogen-bond donors (Lipinski definition) is 1. The van der Waals surface area contributed by atoms with E-state index in [0.717, 1.165) is 13.1 Å². The predicted octanol–water partition coefficient (Wildman–Crippen LogP) is -0.0229. The van der Waals surface area contributed by atoms with Crippen LogP contribution in [0.4, 0.5) is 5.69 Å².